The second-order valence-electron chi connectivity index (χ2n) is 6.84. The molecule has 1 aromatic heterocycles. The molecule has 1 unspecified atom stereocenters. The van der Waals surface area contributed by atoms with E-state index in [-0.39, 0.29) is 24.3 Å². The Labute approximate surface area is 162 Å². The van der Waals surface area contributed by atoms with Crippen molar-refractivity contribution < 1.29 is 14.3 Å². The van der Waals surface area contributed by atoms with E-state index in [1.165, 1.54) is 0 Å². The highest BCUT2D eigenvalue weighted by molar-refractivity contribution is 7.10. The van der Waals surface area contributed by atoms with Gasteiger partial charge in [-0.2, -0.15) is 0 Å². The molecule has 0 spiro atoms. The Kier molecular flexibility index (Phi) is 4.94. The van der Waals surface area contributed by atoms with Crippen LogP contribution in [0.4, 0.5) is 0 Å². The first-order valence-electron chi connectivity index (χ1n) is 9.13. The lowest BCUT2D eigenvalue weighted by Crippen LogP contribution is -2.34. The highest BCUT2D eigenvalue weighted by atomic mass is 32.1. The van der Waals surface area contributed by atoms with E-state index in [0.717, 1.165) is 40.2 Å². The Morgan fingerprint density at radius 2 is 2.00 bits per heavy atom. The molecule has 1 aliphatic heterocycles. The number of dihydropyridines is 1. The van der Waals surface area contributed by atoms with Gasteiger partial charge < -0.3 is 10.1 Å². The van der Waals surface area contributed by atoms with E-state index in [0.29, 0.717) is 12.0 Å². The normalized spacial score (nSPS) is 19.6. The molecule has 27 heavy (non-hydrogen) atoms. The Hall–Kier alpha value is -2.66. The zero-order valence-electron chi connectivity index (χ0n) is 15.2. The third-order valence-corrected chi connectivity index (χ3v) is 5.97. The van der Waals surface area contributed by atoms with Crippen LogP contribution in [0.1, 0.15) is 42.5 Å². The van der Waals surface area contributed by atoms with Gasteiger partial charge in [0.2, 0.25) is 0 Å². The minimum Gasteiger partial charge on any atom is -0.457 e. The number of nitrogens with one attached hydrogen (secondary N) is 1. The molecule has 0 saturated heterocycles. The second-order valence-corrected chi connectivity index (χ2v) is 7.82. The van der Waals surface area contributed by atoms with E-state index in [9.17, 15) is 9.59 Å². The molecule has 138 valence electrons. The number of ketones is 1. The van der Waals surface area contributed by atoms with Gasteiger partial charge in [-0.1, -0.05) is 36.4 Å². The van der Waals surface area contributed by atoms with Crippen molar-refractivity contribution in [3.05, 3.63) is 80.8 Å². The number of esters is 1. The van der Waals surface area contributed by atoms with Crippen molar-refractivity contribution in [3.8, 4) is 0 Å². The van der Waals surface area contributed by atoms with Crippen molar-refractivity contribution in [2.24, 2.45) is 0 Å². The number of carbonyl (C=O) groups excluding carboxylic acids is 2. The number of hydrogen-bond acceptors (Lipinski definition) is 5. The van der Waals surface area contributed by atoms with Gasteiger partial charge in [-0.05, 0) is 36.8 Å². The molecule has 0 saturated carbocycles. The van der Waals surface area contributed by atoms with Gasteiger partial charge in [0.15, 0.2) is 5.78 Å². The van der Waals surface area contributed by atoms with Crippen molar-refractivity contribution in [1.29, 1.82) is 0 Å². The standard InChI is InChI=1S/C22H21NO3S/c1-14-19(22(25)26-13-15-7-3-2-4-8-15)21(18-11-6-12-27-18)20-16(23-14)9-5-10-17(20)24/h2-4,6-8,11-12,21,23H,5,9-10,13H2,1H3. The van der Waals surface area contributed by atoms with E-state index in [1.807, 2.05) is 54.8 Å². The van der Waals surface area contributed by atoms with Crippen molar-refractivity contribution in [2.75, 3.05) is 0 Å². The lowest BCUT2D eigenvalue weighted by atomic mass is 9.78. The first-order chi connectivity index (χ1) is 13.1. The molecule has 0 radical (unpaired) electrons. The summed E-state index contributed by atoms with van der Waals surface area (Å²) in [4.78, 5) is 26.7. The largest absolute Gasteiger partial charge is 0.457 e. The molecule has 0 amide bonds. The summed E-state index contributed by atoms with van der Waals surface area (Å²) in [6, 6.07) is 13.6. The summed E-state index contributed by atoms with van der Waals surface area (Å²) >= 11 is 1.57. The number of benzene rings is 1. The van der Waals surface area contributed by atoms with Gasteiger partial charge in [-0.3, -0.25) is 4.79 Å². The van der Waals surface area contributed by atoms with Crippen molar-refractivity contribution in [1.82, 2.24) is 5.32 Å². The first-order valence-corrected chi connectivity index (χ1v) is 10.0. The molecule has 1 N–H and O–H groups in total. The quantitative estimate of drug-likeness (QED) is 0.797. The predicted molar refractivity (Wildman–Crippen MR) is 105 cm³/mol. The van der Waals surface area contributed by atoms with Crippen LogP contribution in [0.15, 0.2) is 70.4 Å². The van der Waals surface area contributed by atoms with Crippen LogP contribution in [-0.2, 0) is 20.9 Å². The highest BCUT2D eigenvalue weighted by Gasteiger charge is 2.39. The summed E-state index contributed by atoms with van der Waals surface area (Å²) in [7, 11) is 0. The zero-order valence-corrected chi connectivity index (χ0v) is 16.0. The van der Waals surface area contributed by atoms with E-state index in [1.54, 1.807) is 11.3 Å². The Balaban J connectivity index is 1.67. The molecule has 2 aromatic rings. The Bertz CT molecular complexity index is 926. The predicted octanol–water partition coefficient (Wildman–Crippen LogP) is 4.46. The third-order valence-electron chi connectivity index (χ3n) is 5.04. The van der Waals surface area contributed by atoms with Gasteiger partial charge in [0.1, 0.15) is 6.61 Å². The van der Waals surface area contributed by atoms with Crippen LogP contribution in [-0.4, -0.2) is 11.8 Å². The highest BCUT2D eigenvalue weighted by Crippen LogP contribution is 2.43. The summed E-state index contributed by atoms with van der Waals surface area (Å²) in [6.45, 7) is 2.11. The minimum absolute atomic E-state index is 0.128. The number of allylic oxidation sites excluding steroid dienone is 3. The smallest absolute Gasteiger partial charge is 0.337 e. The van der Waals surface area contributed by atoms with Gasteiger partial charge >= 0.3 is 5.97 Å². The van der Waals surface area contributed by atoms with Crippen LogP contribution in [0.2, 0.25) is 0 Å². The van der Waals surface area contributed by atoms with Crippen molar-refractivity contribution in [2.45, 2.75) is 38.7 Å². The van der Waals surface area contributed by atoms with Crippen LogP contribution in [0.5, 0.6) is 0 Å². The number of rotatable bonds is 4. The average molecular weight is 379 g/mol. The molecule has 1 aliphatic carbocycles. The molecule has 0 bridgehead atoms. The summed E-state index contributed by atoms with van der Waals surface area (Å²) in [5.41, 5.74) is 3.96. The molecular formula is C22H21NO3S. The van der Waals surface area contributed by atoms with Crippen molar-refractivity contribution in [3.63, 3.8) is 0 Å². The monoisotopic (exact) mass is 379 g/mol. The summed E-state index contributed by atoms with van der Waals surface area (Å²) in [6.07, 6.45) is 2.23. The van der Waals surface area contributed by atoms with E-state index < -0.39 is 0 Å². The molecule has 1 aromatic carbocycles. The first kappa shape index (κ1) is 17.7. The third kappa shape index (κ3) is 3.47. The number of ether oxygens (including phenoxy) is 1. The topological polar surface area (TPSA) is 55.4 Å². The summed E-state index contributed by atoms with van der Waals surface area (Å²) in [5.74, 6) is -0.576. The molecule has 0 fully saturated rings. The van der Waals surface area contributed by atoms with E-state index >= 15 is 0 Å². The zero-order chi connectivity index (χ0) is 18.8. The molecule has 1 atom stereocenters. The van der Waals surface area contributed by atoms with Crippen LogP contribution < -0.4 is 5.32 Å². The Morgan fingerprint density at radius 1 is 1.19 bits per heavy atom. The minimum atomic E-state index is -0.368. The van der Waals surface area contributed by atoms with Crippen LogP contribution in [0, 0.1) is 0 Å². The van der Waals surface area contributed by atoms with E-state index in [4.69, 9.17) is 4.74 Å². The van der Waals surface area contributed by atoms with Crippen LogP contribution in [0.25, 0.3) is 0 Å². The lowest BCUT2D eigenvalue weighted by molar-refractivity contribution is -0.140. The van der Waals surface area contributed by atoms with Crippen LogP contribution >= 0.6 is 11.3 Å². The molecule has 2 aliphatic rings. The van der Waals surface area contributed by atoms with Gasteiger partial charge in [0.05, 0.1) is 11.5 Å². The van der Waals surface area contributed by atoms with Gasteiger partial charge in [-0.15, -0.1) is 11.3 Å². The number of hydrogen-bond donors (Lipinski definition) is 1. The average Bonchev–Trinajstić information content (AvgIpc) is 3.20. The molecule has 4 nitrogen and oxygen atoms in total. The molecule has 4 rings (SSSR count). The van der Waals surface area contributed by atoms with Crippen LogP contribution in [0.3, 0.4) is 0 Å². The molecule has 5 heteroatoms. The summed E-state index contributed by atoms with van der Waals surface area (Å²) in [5, 5.41) is 5.29. The maximum absolute atomic E-state index is 13.0. The molecular weight excluding hydrogens is 358 g/mol. The van der Waals surface area contributed by atoms with Gasteiger partial charge in [0.25, 0.3) is 0 Å². The summed E-state index contributed by atoms with van der Waals surface area (Å²) < 4.78 is 5.62. The SMILES string of the molecule is CC1=C(C(=O)OCc2ccccc2)C(c2cccs2)C2=C(CCCC2=O)N1. The van der Waals surface area contributed by atoms with Crippen molar-refractivity contribution >= 4 is 23.1 Å². The van der Waals surface area contributed by atoms with Gasteiger partial charge in [-0.25, -0.2) is 4.79 Å². The fourth-order valence-electron chi connectivity index (χ4n) is 3.79. The maximum atomic E-state index is 13.0. The number of carbonyl (C=O) groups is 2. The molecule has 2 heterocycles. The fourth-order valence-corrected chi connectivity index (χ4v) is 4.64. The maximum Gasteiger partial charge on any atom is 0.337 e. The fraction of sp³-hybridized carbons (Fsp3) is 0.273. The second kappa shape index (κ2) is 7.53. The van der Waals surface area contributed by atoms with Gasteiger partial charge in [0, 0.05) is 28.3 Å². The van der Waals surface area contributed by atoms with E-state index in [2.05, 4.69) is 5.32 Å². The Morgan fingerprint density at radius 3 is 2.74 bits per heavy atom. The lowest BCUT2D eigenvalue weighted by Gasteiger charge is -2.33. The number of Topliss-reactive ketones (excluding diaryl/α,β-unsaturated/α-hetero) is 1. The number of thiophene rings is 1.